The predicted octanol–water partition coefficient (Wildman–Crippen LogP) is 1.37. The predicted molar refractivity (Wildman–Crippen MR) is 79.8 cm³/mol. The Balaban J connectivity index is 2.69. The van der Waals surface area contributed by atoms with Gasteiger partial charge in [0.15, 0.2) is 15.8 Å². The number of benzene rings is 1. The Kier molecular flexibility index (Phi) is 6.78. The minimum absolute atomic E-state index is 0.0175. The lowest BCUT2D eigenvalue weighted by Gasteiger charge is -2.09. The van der Waals surface area contributed by atoms with Crippen molar-refractivity contribution in [2.45, 2.75) is 11.3 Å². The molecule has 6 nitrogen and oxygen atoms in total. The van der Waals surface area contributed by atoms with E-state index in [1.807, 2.05) is 0 Å². The van der Waals surface area contributed by atoms with Crippen LogP contribution in [-0.2, 0) is 28.9 Å². The molecule has 0 unspecified atom stereocenters. The van der Waals surface area contributed by atoms with Gasteiger partial charge in [0, 0.05) is 0 Å². The molecule has 0 radical (unpaired) electrons. The van der Waals surface area contributed by atoms with Crippen LogP contribution in [0, 0.1) is 5.92 Å². The summed E-state index contributed by atoms with van der Waals surface area (Å²) in [6.07, 6.45) is 2.88. The van der Waals surface area contributed by atoms with E-state index in [-0.39, 0.29) is 17.1 Å². The van der Waals surface area contributed by atoms with Crippen LogP contribution < -0.4 is 0 Å². The van der Waals surface area contributed by atoms with E-state index >= 15 is 0 Å². The van der Waals surface area contributed by atoms with Gasteiger partial charge in [-0.2, -0.15) is 0 Å². The third-order valence-corrected chi connectivity index (χ3v) is 4.55. The molecule has 22 heavy (non-hydrogen) atoms. The van der Waals surface area contributed by atoms with Gasteiger partial charge < -0.3 is 9.47 Å². The molecule has 1 rings (SSSR count). The molecular formula is C15H18O6S. The highest BCUT2D eigenvalue weighted by atomic mass is 32.2. The summed E-state index contributed by atoms with van der Waals surface area (Å²) in [4.78, 5) is 23.1. The second-order valence-corrected chi connectivity index (χ2v) is 6.43. The second-order valence-electron chi connectivity index (χ2n) is 4.40. The number of allylic oxidation sites excluding steroid dienone is 1. The standard InChI is InChI=1S/C15H18O6S/c1-20-14(16)13(15(17)21-2)10-6-7-11-22(18,19)12-8-4-3-5-9-12/h3-9,13H,10-11H2,1-2H3/b7-6+. The van der Waals surface area contributed by atoms with Gasteiger partial charge in [-0.05, 0) is 18.6 Å². The van der Waals surface area contributed by atoms with Crippen molar-refractivity contribution in [2.75, 3.05) is 20.0 Å². The zero-order chi connectivity index (χ0) is 16.6. The molecule has 1 aromatic carbocycles. The third-order valence-electron chi connectivity index (χ3n) is 2.93. The van der Waals surface area contributed by atoms with Gasteiger partial charge in [-0.15, -0.1) is 0 Å². The first-order valence-corrected chi connectivity index (χ1v) is 8.16. The van der Waals surface area contributed by atoms with E-state index in [0.717, 1.165) is 0 Å². The number of rotatable bonds is 7. The average Bonchev–Trinajstić information content (AvgIpc) is 2.54. The monoisotopic (exact) mass is 326 g/mol. The quantitative estimate of drug-likeness (QED) is 0.427. The zero-order valence-electron chi connectivity index (χ0n) is 12.4. The number of ether oxygens (including phenoxy) is 2. The van der Waals surface area contributed by atoms with Crippen LogP contribution in [0.1, 0.15) is 6.42 Å². The van der Waals surface area contributed by atoms with Gasteiger partial charge >= 0.3 is 11.9 Å². The molecule has 0 aromatic heterocycles. The van der Waals surface area contributed by atoms with Crippen LogP contribution in [0.4, 0.5) is 0 Å². The fourth-order valence-corrected chi connectivity index (χ4v) is 2.88. The lowest BCUT2D eigenvalue weighted by molar-refractivity contribution is -0.158. The van der Waals surface area contributed by atoms with Crippen LogP contribution in [0.5, 0.6) is 0 Å². The Labute approximate surface area is 129 Å². The van der Waals surface area contributed by atoms with Crippen molar-refractivity contribution in [2.24, 2.45) is 5.92 Å². The van der Waals surface area contributed by atoms with Crippen LogP contribution in [-0.4, -0.2) is 40.3 Å². The van der Waals surface area contributed by atoms with Crippen LogP contribution in [0.15, 0.2) is 47.4 Å². The van der Waals surface area contributed by atoms with Crippen molar-refractivity contribution in [1.29, 1.82) is 0 Å². The summed E-state index contributed by atoms with van der Waals surface area (Å²) in [7, 11) is -1.09. The maximum absolute atomic E-state index is 12.0. The van der Waals surface area contributed by atoms with Gasteiger partial charge in [-0.3, -0.25) is 9.59 Å². The molecule has 0 bridgehead atoms. The summed E-state index contributed by atoms with van der Waals surface area (Å²) in [6, 6.07) is 8.03. The first-order valence-electron chi connectivity index (χ1n) is 6.51. The minimum Gasteiger partial charge on any atom is -0.468 e. The number of hydrogen-bond acceptors (Lipinski definition) is 6. The number of methoxy groups -OCH3 is 2. The summed E-state index contributed by atoms with van der Waals surface area (Å²) >= 11 is 0. The van der Waals surface area contributed by atoms with Crippen LogP contribution in [0.2, 0.25) is 0 Å². The number of carbonyl (C=O) groups excluding carboxylic acids is 2. The molecule has 0 saturated carbocycles. The Morgan fingerprint density at radius 1 is 1.05 bits per heavy atom. The Hall–Kier alpha value is -2.15. The van der Waals surface area contributed by atoms with Gasteiger partial charge in [-0.25, -0.2) is 8.42 Å². The maximum atomic E-state index is 12.0. The number of carbonyl (C=O) groups is 2. The van der Waals surface area contributed by atoms with Gasteiger partial charge in [0.25, 0.3) is 0 Å². The average molecular weight is 326 g/mol. The van der Waals surface area contributed by atoms with E-state index in [2.05, 4.69) is 9.47 Å². The first kappa shape index (κ1) is 17.9. The number of sulfone groups is 1. The molecule has 1 aromatic rings. The molecular weight excluding hydrogens is 308 g/mol. The number of hydrogen-bond donors (Lipinski definition) is 0. The lowest BCUT2D eigenvalue weighted by atomic mass is 10.1. The van der Waals surface area contributed by atoms with Crippen molar-refractivity contribution < 1.29 is 27.5 Å². The van der Waals surface area contributed by atoms with Crippen LogP contribution in [0.3, 0.4) is 0 Å². The Morgan fingerprint density at radius 2 is 1.59 bits per heavy atom. The van der Waals surface area contributed by atoms with Crippen LogP contribution in [0.25, 0.3) is 0 Å². The van der Waals surface area contributed by atoms with Crippen molar-refractivity contribution in [3.63, 3.8) is 0 Å². The van der Waals surface area contributed by atoms with E-state index in [0.29, 0.717) is 0 Å². The lowest BCUT2D eigenvalue weighted by Crippen LogP contribution is -2.25. The molecule has 0 N–H and O–H groups in total. The molecule has 0 spiro atoms. The molecule has 0 fully saturated rings. The smallest absolute Gasteiger partial charge is 0.320 e. The fraction of sp³-hybridized carbons (Fsp3) is 0.333. The Morgan fingerprint density at radius 3 is 2.09 bits per heavy atom. The highest BCUT2D eigenvalue weighted by Crippen LogP contribution is 2.12. The van der Waals surface area contributed by atoms with Crippen molar-refractivity contribution in [3.8, 4) is 0 Å². The largest absolute Gasteiger partial charge is 0.468 e. The molecule has 0 aliphatic carbocycles. The molecule has 120 valence electrons. The van der Waals surface area contributed by atoms with E-state index in [1.165, 1.54) is 38.5 Å². The topological polar surface area (TPSA) is 86.7 Å². The summed E-state index contributed by atoms with van der Waals surface area (Å²) in [6.45, 7) is 0. The molecule has 0 amide bonds. The van der Waals surface area contributed by atoms with Crippen molar-refractivity contribution in [1.82, 2.24) is 0 Å². The Bertz CT molecular complexity index is 617. The number of esters is 2. The van der Waals surface area contributed by atoms with E-state index < -0.39 is 27.7 Å². The van der Waals surface area contributed by atoms with Gasteiger partial charge in [0.05, 0.1) is 24.9 Å². The van der Waals surface area contributed by atoms with Crippen molar-refractivity contribution >= 4 is 21.8 Å². The zero-order valence-corrected chi connectivity index (χ0v) is 13.2. The summed E-state index contributed by atoms with van der Waals surface area (Å²) in [5, 5.41) is 0. The first-order chi connectivity index (χ1) is 10.4. The van der Waals surface area contributed by atoms with Crippen molar-refractivity contribution in [3.05, 3.63) is 42.5 Å². The van der Waals surface area contributed by atoms with E-state index in [9.17, 15) is 18.0 Å². The molecule has 0 aliphatic heterocycles. The van der Waals surface area contributed by atoms with Gasteiger partial charge in [0.2, 0.25) is 0 Å². The summed E-state index contributed by atoms with van der Waals surface area (Å²) < 4.78 is 33.1. The van der Waals surface area contributed by atoms with Gasteiger partial charge in [0.1, 0.15) is 0 Å². The molecule has 7 heteroatoms. The van der Waals surface area contributed by atoms with E-state index in [4.69, 9.17) is 0 Å². The van der Waals surface area contributed by atoms with E-state index in [1.54, 1.807) is 18.2 Å². The summed E-state index contributed by atoms with van der Waals surface area (Å²) in [5.74, 6) is -2.75. The minimum atomic E-state index is -3.43. The highest BCUT2D eigenvalue weighted by molar-refractivity contribution is 7.91. The molecule has 0 aliphatic rings. The van der Waals surface area contributed by atoms with Gasteiger partial charge in [-0.1, -0.05) is 30.4 Å². The summed E-state index contributed by atoms with van der Waals surface area (Å²) in [5.41, 5.74) is 0. The normalized spacial score (nSPS) is 11.6. The van der Waals surface area contributed by atoms with Crippen LogP contribution >= 0.6 is 0 Å². The fourth-order valence-electron chi connectivity index (χ4n) is 1.72. The SMILES string of the molecule is COC(=O)C(C/C=C/CS(=O)(=O)c1ccccc1)C(=O)OC. The highest BCUT2D eigenvalue weighted by Gasteiger charge is 2.27. The molecule has 0 saturated heterocycles. The second kappa shape index (κ2) is 8.33. The molecule has 0 heterocycles. The molecule has 0 atom stereocenters. The maximum Gasteiger partial charge on any atom is 0.320 e. The third kappa shape index (κ3) is 5.00.